The smallest absolute Gasteiger partial charge is 0.231 e. The summed E-state index contributed by atoms with van der Waals surface area (Å²) in [7, 11) is 3.41. The van der Waals surface area contributed by atoms with Crippen molar-refractivity contribution in [2.75, 3.05) is 20.5 Å². The normalized spacial score (nSPS) is 12.4. The molecule has 6 nitrogen and oxygen atoms in total. The molecular formula is C20H19NO5. The number of aryl methyl sites for hydroxylation is 1. The molecule has 2 aromatic carbocycles. The fourth-order valence-corrected chi connectivity index (χ4v) is 3.26. The first-order chi connectivity index (χ1) is 12.6. The Morgan fingerprint density at radius 1 is 1.15 bits per heavy atom. The van der Waals surface area contributed by atoms with Gasteiger partial charge in [0.05, 0.1) is 19.2 Å². The van der Waals surface area contributed by atoms with Crippen molar-refractivity contribution in [1.29, 1.82) is 0 Å². The molecule has 0 N–H and O–H groups in total. The highest BCUT2D eigenvalue weighted by Crippen LogP contribution is 2.42. The standard InChI is InChI=1S/C20H19NO5/c1-4-24-13-7-5-12(6-8-13)19(22)18-20(23-3)14-9-16-17(26-11-25-16)10-15(14)21(18)2/h5-10H,4,11H2,1-3H3. The van der Waals surface area contributed by atoms with Gasteiger partial charge in [-0.1, -0.05) is 0 Å². The van der Waals surface area contributed by atoms with Crippen LogP contribution in [0.1, 0.15) is 23.0 Å². The Labute approximate surface area is 150 Å². The Balaban J connectivity index is 1.82. The van der Waals surface area contributed by atoms with Gasteiger partial charge < -0.3 is 23.5 Å². The van der Waals surface area contributed by atoms with E-state index in [0.29, 0.717) is 35.1 Å². The van der Waals surface area contributed by atoms with Crippen LogP contribution in [0.25, 0.3) is 10.9 Å². The van der Waals surface area contributed by atoms with E-state index in [2.05, 4.69) is 0 Å². The van der Waals surface area contributed by atoms with Crippen molar-refractivity contribution < 1.29 is 23.7 Å². The Bertz CT molecular complexity index is 988. The Hall–Kier alpha value is -3.15. The molecule has 3 aromatic rings. The summed E-state index contributed by atoms with van der Waals surface area (Å²) in [4.78, 5) is 13.1. The SMILES string of the molecule is CCOc1ccc(C(=O)c2c(OC)c3cc4c(cc3n2C)OCO4)cc1. The molecule has 2 heterocycles. The molecule has 1 aliphatic rings. The number of rotatable bonds is 5. The number of carbonyl (C=O) groups excluding carboxylic acids is 1. The molecule has 0 unspecified atom stereocenters. The molecular weight excluding hydrogens is 334 g/mol. The number of ketones is 1. The van der Waals surface area contributed by atoms with E-state index in [1.807, 2.05) is 30.7 Å². The lowest BCUT2D eigenvalue weighted by molar-refractivity contribution is 0.102. The van der Waals surface area contributed by atoms with Crippen molar-refractivity contribution in [1.82, 2.24) is 4.57 Å². The summed E-state index contributed by atoms with van der Waals surface area (Å²) in [5.41, 5.74) is 1.90. The molecule has 4 rings (SSSR count). The monoisotopic (exact) mass is 353 g/mol. The minimum Gasteiger partial charge on any atom is -0.494 e. The van der Waals surface area contributed by atoms with Gasteiger partial charge in [-0.05, 0) is 37.3 Å². The fourth-order valence-electron chi connectivity index (χ4n) is 3.26. The lowest BCUT2D eigenvalue weighted by Gasteiger charge is -2.08. The number of aromatic nitrogens is 1. The average molecular weight is 353 g/mol. The van der Waals surface area contributed by atoms with Crippen molar-refractivity contribution >= 4 is 16.7 Å². The first-order valence-electron chi connectivity index (χ1n) is 8.37. The number of carbonyl (C=O) groups is 1. The van der Waals surface area contributed by atoms with Gasteiger partial charge in [0.1, 0.15) is 11.4 Å². The highest BCUT2D eigenvalue weighted by atomic mass is 16.7. The Morgan fingerprint density at radius 2 is 1.85 bits per heavy atom. The van der Waals surface area contributed by atoms with E-state index in [0.717, 1.165) is 16.7 Å². The largest absolute Gasteiger partial charge is 0.494 e. The van der Waals surface area contributed by atoms with E-state index >= 15 is 0 Å². The van der Waals surface area contributed by atoms with Gasteiger partial charge in [0.15, 0.2) is 17.2 Å². The van der Waals surface area contributed by atoms with Crippen LogP contribution < -0.4 is 18.9 Å². The van der Waals surface area contributed by atoms with Crippen molar-refractivity contribution in [3.63, 3.8) is 0 Å². The van der Waals surface area contributed by atoms with Crippen molar-refractivity contribution in [3.8, 4) is 23.0 Å². The molecule has 0 atom stereocenters. The number of hydrogen-bond acceptors (Lipinski definition) is 5. The molecule has 26 heavy (non-hydrogen) atoms. The first-order valence-corrected chi connectivity index (χ1v) is 8.37. The van der Waals surface area contributed by atoms with Gasteiger partial charge >= 0.3 is 0 Å². The van der Waals surface area contributed by atoms with Gasteiger partial charge in [-0.2, -0.15) is 0 Å². The zero-order valence-corrected chi connectivity index (χ0v) is 14.9. The van der Waals surface area contributed by atoms with E-state index in [1.54, 1.807) is 31.4 Å². The number of hydrogen-bond donors (Lipinski definition) is 0. The highest BCUT2D eigenvalue weighted by Gasteiger charge is 2.26. The van der Waals surface area contributed by atoms with Crippen LogP contribution in [-0.4, -0.2) is 30.9 Å². The topological polar surface area (TPSA) is 58.9 Å². The quantitative estimate of drug-likeness (QED) is 0.657. The van der Waals surface area contributed by atoms with Gasteiger partial charge in [0.2, 0.25) is 12.6 Å². The van der Waals surface area contributed by atoms with Crippen LogP contribution in [0.2, 0.25) is 0 Å². The maximum absolute atomic E-state index is 13.1. The molecule has 0 saturated carbocycles. The fraction of sp³-hybridized carbons (Fsp3) is 0.250. The van der Waals surface area contributed by atoms with Crippen LogP contribution in [-0.2, 0) is 7.05 Å². The third-order valence-electron chi connectivity index (χ3n) is 4.49. The molecule has 134 valence electrons. The highest BCUT2D eigenvalue weighted by molar-refractivity contribution is 6.14. The summed E-state index contributed by atoms with van der Waals surface area (Å²) in [6.45, 7) is 2.70. The van der Waals surface area contributed by atoms with Crippen LogP contribution in [0.15, 0.2) is 36.4 Å². The summed E-state index contributed by atoms with van der Waals surface area (Å²) >= 11 is 0. The molecule has 0 radical (unpaired) electrons. The van der Waals surface area contributed by atoms with Crippen LogP contribution in [0, 0.1) is 0 Å². The van der Waals surface area contributed by atoms with Gasteiger partial charge in [-0.25, -0.2) is 0 Å². The Morgan fingerprint density at radius 3 is 2.50 bits per heavy atom. The summed E-state index contributed by atoms with van der Waals surface area (Å²) < 4.78 is 23.7. The van der Waals surface area contributed by atoms with E-state index < -0.39 is 0 Å². The van der Waals surface area contributed by atoms with E-state index in [9.17, 15) is 4.79 Å². The second-order valence-corrected chi connectivity index (χ2v) is 5.95. The van der Waals surface area contributed by atoms with Gasteiger partial charge in [-0.3, -0.25) is 4.79 Å². The third-order valence-corrected chi connectivity index (χ3v) is 4.49. The van der Waals surface area contributed by atoms with Crippen molar-refractivity contribution in [2.24, 2.45) is 7.05 Å². The first kappa shape index (κ1) is 16.3. The lowest BCUT2D eigenvalue weighted by Crippen LogP contribution is -2.09. The minimum absolute atomic E-state index is 0.120. The van der Waals surface area contributed by atoms with Gasteiger partial charge in [0.25, 0.3) is 0 Å². The number of benzene rings is 2. The number of nitrogens with zero attached hydrogens (tertiary/aromatic N) is 1. The predicted octanol–water partition coefficient (Wildman–Crippen LogP) is 3.55. The van der Waals surface area contributed by atoms with Crippen LogP contribution in [0.3, 0.4) is 0 Å². The number of methoxy groups -OCH3 is 1. The summed E-state index contributed by atoms with van der Waals surface area (Å²) in [5.74, 6) is 2.46. The maximum Gasteiger partial charge on any atom is 0.231 e. The zero-order chi connectivity index (χ0) is 18.3. The van der Waals surface area contributed by atoms with E-state index in [1.165, 1.54) is 0 Å². The molecule has 0 spiro atoms. The molecule has 0 aliphatic carbocycles. The third kappa shape index (κ3) is 2.45. The predicted molar refractivity (Wildman–Crippen MR) is 96.6 cm³/mol. The summed E-state index contributed by atoms with van der Waals surface area (Å²) in [6, 6.07) is 10.8. The maximum atomic E-state index is 13.1. The molecule has 0 bridgehead atoms. The molecule has 1 aromatic heterocycles. The lowest BCUT2D eigenvalue weighted by atomic mass is 10.1. The summed E-state index contributed by atoms with van der Waals surface area (Å²) in [6.07, 6.45) is 0. The van der Waals surface area contributed by atoms with Gasteiger partial charge in [0, 0.05) is 24.1 Å². The zero-order valence-electron chi connectivity index (χ0n) is 14.9. The van der Waals surface area contributed by atoms with E-state index in [4.69, 9.17) is 18.9 Å². The van der Waals surface area contributed by atoms with Crippen LogP contribution in [0.4, 0.5) is 0 Å². The number of fused-ring (bicyclic) bond motifs is 2. The van der Waals surface area contributed by atoms with Crippen LogP contribution in [0.5, 0.6) is 23.0 Å². The molecule has 0 saturated heterocycles. The van der Waals surface area contributed by atoms with Crippen molar-refractivity contribution in [2.45, 2.75) is 6.92 Å². The molecule has 6 heteroatoms. The second-order valence-electron chi connectivity index (χ2n) is 5.95. The molecule has 0 fully saturated rings. The Kier molecular flexibility index (Phi) is 3.95. The van der Waals surface area contributed by atoms with Crippen LogP contribution >= 0.6 is 0 Å². The summed E-state index contributed by atoms with van der Waals surface area (Å²) in [5, 5.41) is 0.813. The van der Waals surface area contributed by atoms with Gasteiger partial charge in [-0.15, -0.1) is 0 Å². The minimum atomic E-state index is -0.120. The molecule has 0 amide bonds. The van der Waals surface area contributed by atoms with E-state index in [-0.39, 0.29) is 12.6 Å². The molecule has 1 aliphatic heterocycles. The second kappa shape index (κ2) is 6.29. The number of ether oxygens (including phenoxy) is 4. The average Bonchev–Trinajstić information content (AvgIpc) is 3.22. The van der Waals surface area contributed by atoms with Crippen molar-refractivity contribution in [3.05, 3.63) is 47.7 Å².